The largest absolute Gasteiger partial charge is 0.465 e. The first-order valence-electron chi connectivity index (χ1n) is 14.2. The number of carboxylic acid groups (broad SMARTS) is 1. The number of halogens is 3. The summed E-state index contributed by atoms with van der Waals surface area (Å²) in [5.41, 5.74) is 1.32. The number of fused-ring (bicyclic) bond motifs is 2. The molecule has 0 bridgehead atoms. The van der Waals surface area contributed by atoms with Gasteiger partial charge in [0.1, 0.15) is 22.6 Å². The molecule has 6 rings (SSSR count). The molecule has 2 aliphatic heterocycles. The molecule has 0 saturated carbocycles. The average Bonchev–Trinajstić information content (AvgIpc) is 3.42. The van der Waals surface area contributed by atoms with Crippen molar-refractivity contribution < 1.29 is 28.6 Å². The summed E-state index contributed by atoms with van der Waals surface area (Å²) in [6, 6.07) is 19.0. The first kappa shape index (κ1) is 30.4. The SMILES string of the molecule is CN(C(=O)O)c1ccc(-c2nc(C(Cc3ccccc3)C(=O)N3CCCC4(C3)OC(=O)Nc3ccc(Cl)c(F)c34)[nH]c2Cl)cc1. The lowest BCUT2D eigenvalue weighted by atomic mass is 9.82. The molecule has 2 unspecified atom stereocenters. The molecule has 3 N–H and O–H groups in total. The number of hydrogen-bond donors (Lipinski definition) is 3. The smallest absolute Gasteiger partial charge is 0.412 e. The molecule has 4 aromatic rings. The molecule has 1 saturated heterocycles. The minimum absolute atomic E-state index is 0.0747. The zero-order valence-electron chi connectivity index (χ0n) is 24.0. The normalized spacial score (nSPS) is 18.1. The number of H-pyrrole nitrogens is 1. The maximum atomic E-state index is 15.5. The third-order valence-corrected chi connectivity index (χ3v) is 8.81. The number of aromatic amines is 1. The van der Waals surface area contributed by atoms with Gasteiger partial charge in [-0.05, 0) is 49.1 Å². The highest BCUT2D eigenvalue weighted by Gasteiger charge is 2.49. The van der Waals surface area contributed by atoms with Crippen LogP contribution in [0.2, 0.25) is 10.2 Å². The van der Waals surface area contributed by atoms with E-state index < -0.39 is 29.5 Å². The fraction of sp³-hybridized carbons (Fsp3) is 0.250. The Kier molecular flexibility index (Phi) is 8.15. The van der Waals surface area contributed by atoms with E-state index in [1.807, 2.05) is 30.3 Å². The van der Waals surface area contributed by atoms with Crippen molar-refractivity contribution in [1.82, 2.24) is 14.9 Å². The van der Waals surface area contributed by atoms with E-state index in [-0.39, 0.29) is 40.3 Å². The van der Waals surface area contributed by atoms with Gasteiger partial charge in [-0.15, -0.1) is 0 Å². The van der Waals surface area contributed by atoms with Gasteiger partial charge in [-0.25, -0.2) is 19.0 Å². The van der Waals surface area contributed by atoms with E-state index in [9.17, 15) is 19.5 Å². The highest BCUT2D eigenvalue weighted by atomic mass is 35.5. The van der Waals surface area contributed by atoms with E-state index in [1.54, 1.807) is 29.2 Å². The van der Waals surface area contributed by atoms with E-state index in [2.05, 4.69) is 10.3 Å². The fourth-order valence-electron chi connectivity index (χ4n) is 6.01. The minimum atomic E-state index is -1.42. The summed E-state index contributed by atoms with van der Waals surface area (Å²) in [6.07, 6.45) is -0.793. The predicted molar refractivity (Wildman–Crippen MR) is 167 cm³/mol. The molecule has 13 heteroatoms. The Morgan fingerprint density at radius 2 is 1.87 bits per heavy atom. The number of ether oxygens (including phenoxy) is 1. The van der Waals surface area contributed by atoms with Gasteiger partial charge in [0.2, 0.25) is 5.91 Å². The van der Waals surface area contributed by atoms with Crippen LogP contribution in [0.15, 0.2) is 66.7 Å². The molecule has 1 fully saturated rings. The van der Waals surface area contributed by atoms with Gasteiger partial charge in [0.15, 0.2) is 11.4 Å². The van der Waals surface area contributed by atoms with E-state index >= 15 is 4.39 Å². The van der Waals surface area contributed by atoms with Gasteiger partial charge in [0.25, 0.3) is 0 Å². The summed E-state index contributed by atoms with van der Waals surface area (Å²) in [7, 11) is 1.44. The zero-order valence-corrected chi connectivity index (χ0v) is 25.5. The highest BCUT2D eigenvalue weighted by Crippen LogP contribution is 2.45. The molecule has 0 aliphatic carbocycles. The van der Waals surface area contributed by atoms with E-state index in [1.165, 1.54) is 19.2 Å². The number of imidazole rings is 1. The third-order valence-electron chi connectivity index (χ3n) is 8.25. The van der Waals surface area contributed by atoms with Crippen LogP contribution in [0.1, 0.15) is 35.7 Å². The number of rotatable bonds is 6. The number of anilines is 2. The minimum Gasteiger partial charge on any atom is -0.465 e. The average molecular weight is 653 g/mol. The van der Waals surface area contributed by atoms with E-state index in [4.69, 9.17) is 32.9 Å². The second kappa shape index (κ2) is 12.1. The summed E-state index contributed by atoms with van der Waals surface area (Å²) in [6.45, 7) is 0.281. The van der Waals surface area contributed by atoms with Gasteiger partial charge in [-0.2, -0.15) is 0 Å². The lowest BCUT2D eigenvalue weighted by molar-refractivity contribution is -0.141. The molecule has 2 atom stereocenters. The molecule has 0 radical (unpaired) electrons. The molecule has 2 aliphatic rings. The molecule has 3 heterocycles. The molecule has 3 amide bonds. The Morgan fingerprint density at radius 3 is 2.58 bits per heavy atom. The van der Waals surface area contributed by atoms with Crippen molar-refractivity contribution in [3.63, 3.8) is 0 Å². The van der Waals surface area contributed by atoms with Crippen molar-refractivity contribution in [1.29, 1.82) is 0 Å². The quantitative estimate of drug-likeness (QED) is 0.205. The maximum absolute atomic E-state index is 15.5. The number of nitrogens with one attached hydrogen (secondary N) is 2. The summed E-state index contributed by atoms with van der Waals surface area (Å²) in [4.78, 5) is 48.8. The summed E-state index contributed by atoms with van der Waals surface area (Å²) >= 11 is 12.8. The van der Waals surface area contributed by atoms with Crippen LogP contribution in [0.25, 0.3) is 11.3 Å². The Hall–Kier alpha value is -4.61. The van der Waals surface area contributed by atoms with Crippen LogP contribution in [0, 0.1) is 5.82 Å². The lowest BCUT2D eigenvalue weighted by Crippen LogP contribution is -2.54. The number of likely N-dealkylation sites (tertiary alicyclic amines) is 1. The van der Waals surface area contributed by atoms with Crippen LogP contribution in [0.3, 0.4) is 0 Å². The Labute approximate surface area is 267 Å². The van der Waals surface area contributed by atoms with Crippen molar-refractivity contribution >= 4 is 52.7 Å². The molecule has 232 valence electrons. The molecular formula is C32H28Cl2FN5O5. The van der Waals surface area contributed by atoms with Gasteiger partial charge in [-0.3, -0.25) is 15.0 Å². The van der Waals surface area contributed by atoms with Crippen LogP contribution in [-0.2, 0) is 21.6 Å². The number of carbonyl (C=O) groups excluding carboxylic acids is 2. The third kappa shape index (κ3) is 5.81. The number of nitrogens with zero attached hydrogens (tertiary/aromatic N) is 3. The van der Waals surface area contributed by atoms with Crippen LogP contribution in [-0.4, -0.2) is 58.2 Å². The number of piperidine rings is 1. The van der Waals surface area contributed by atoms with Gasteiger partial charge in [-0.1, -0.05) is 65.7 Å². The van der Waals surface area contributed by atoms with Gasteiger partial charge in [0, 0.05) is 24.8 Å². The van der Waals surface area contributed by atoms with Crippen molar-refractivity contribution in [3.05, 3.63) is 99.7 Å². The number of carbonyl (C=O) groups is 3. The van der Waals surface area contributed by atoms with Crippen molar-refractivity contribution in [3.8, 4) is 11.3 Å². The standard InChI is InChI=1S/C32H28Cl2FN5O5/c1-39(31(43)44)20-10-8-19(9-11-20)26-27(34)38-28(37-26)21(16-18-6-3-2-4-7-18)29(41)40-15-5-14-32(17-40)24-23(36-30(42)45-32)13-12-22(33)25(24)35/h2-4,6-13,21H,5,14-17H2,1H3,(H,36,42)(H,37,38)(H,43,44). The predicted octanol–water partition coefficient (Wildman–Crippen LogP) is 7.04. The Bertz CT molecular complexity index is 1780. The Balaban J connectivity index is 1.35. The number of amides is 3. The first-order valence-corrected chi connectivity index (χ1v) is 15.0. The zero-order chi connectivity index (χ0) is 31.9. The topological polar surface area (TPSA) is 128 Å². The van der Waals surface area contributed by atoms with Crippen LogP contribution < -0.4 is 10.2 Å². The Morgan fingerprint density at radius 1 is 1.13 bits per heavy atom. The fourth-order valence-corrected chi connectivity index (χ4v) is 6.42. The highest BCUT2D eigenvalue weighted by molar-refractivity contribution is 6.32. The maximum Gasteiger partial charge on any atom is 0.412 e. The van der Waals surface area contributed by atoms with E-state index in [0.29, 0.717) is 42.2 Å². The summed E-state index contributed by atoms with van der Waals surface area (Å²) in [5, 5.41) is 11.9. The number of hydrogen-bond acceptors (Lipinski definition) is 5. The summed E-state index contributed by atoms with van der Waals surface area (Å²) < 4.78 is 21.2. The monoisotopic (exact) mass is 651 g/mol. The summed E-state index contributed by atoms with van der Waals surface area (Å²) in [5.74, 6) is -1.49. The van der Waals surface area contributed by atoms with Crippen molar-refractivity contribution in [2.24, 2.45) is 0 Å². The van der Waals surface area contributed by atoms with Gasteiger partial charge >= 0.3 is 12.2 Å². The van der Waals surface area contributed by atoms with Crippen LogP contribution in [0.5, 0.6) is 0 Å². The second-order valence-corrected chi connectivity index (χ2v) is 11.9. The van der Waals surface area contributed by atoms with Gasteiger partial charge < -0.3 is 19.7 Å². The van der Waals surface area contributed by atoms with Crippen LogP contribution >= 0.6 is 23.2 Å². The lowest BCUT2D eigenvalue weighted by Gasteiger charge is -2.45. The molecule has 1 spiro atoms. The van der Waals surface area contributed by atoms with Crippen molar-refractivity contribution in [2.75, 3.05) is 30.4 Å². The van der Waals surface area contributed by atoms with E-state index in [0.717, 1.165) is 10.5 Å². The first-order chi connectivity index (χ1) is 21.6. The number of benzene rings is 3. The molecule has 3 aromatic carbocycles. The van der Waals surface area contributed by atoms with Crippen LogP contribution in [0.4, 0.5) is 25.4 Å². The molecule has 45 heavy (non-hydrogen) atoms. The second-order valence-electron chi connectivity index (χ2n) is 11.1. The van der Waals surface area contributed by atoms with Crippen molar-refractivity contribution in [2.45, 2.75) is 30.8 Å². The van der Waals surface area contributed by atoms with Gasteiger partial charge in [0.05, 0.1) is 22.8 Å². The molecule has 10 nitrogen and oxygen atoms in total. The molecule has 1 aromatic heterocycles. The molecular weight excluding hydrogens is 624 g/mol. The number of aromatic nitrogens is 2.